The number of esters is 1. The van der Waals surface area contributed by atoms with Crippen LogP contribution in [0.5, 0.6) is 11.5 Å². The fraction of sp³-hybridized carbons (Fsp3) is 0.381. The van der Waals surface area contributed by atoms with E-state index in [1.165, 1.54) is 0 Å². The molecule has 3 rings (SSSR count). The lowest BCUT2D eigenvalue weighted by Crippen LogP contribution is -2.42. The Morgan fingerprint density at radius 1 is 1.19 bits per heavy atom. The van der Waals surface area contributed by atoms with Crippen molar-refractivity contribution in [3.63, 3.8) is 0 Å². The lowest BCUT2D eigenvalue weighted by molar-refractivity contribution is -0.0164. The highest BCUT2D eigenvalue weighted by Crippen LogP contribution is 2.43. The quantitative estimate of drug-likeness (QED) is 0.775. The first kappa shape index (κ1) is 18.6. The van der Waals surface area contributed by atoms with Gasteiger partial charge in [0.2, 0.25) is 0 Å². The van der Waals surface area contributed by atoms with E-state index in [0.717, 1.165) is 34.4 Å². The third-order valence-electron chi connectivity index (χ3n) is 5.18. The molecule has 2 aromatic carbocycles. The number of aromatic hydroxyl groups is 1. The summed E-state index contributed by atoms with van der Waals surface area (Å²) in [6.45, 7) is 7.84. The Morgan fingerprint density at radius 3 is 2.50 bits per heavy atom. The van der Waals surface area contributed by atoms with Crippen LogP contribution in [0.4, 0.5) is 0 Å². The molecule has 5 heteroatoms. The number of benzene rings is 2. The molecule has 0 aromatic heterocycles. The van der Waals surface area contributed by atoms with Gasteiger partial charge in [0.05, 0.1) is 5.56 Å². The average molecular weight is 375 g/mol. The van der Waals surface area contributed by atoms with Crippen molar-refractivity contribution in [2.24, 2.45) is 0 Å². The maximum absolute atomic E-state index is 12.3. The number of hydrogen-bond donors (Lipinski definition) is 1. The van der Waals surface area contributed by atoms with Gasteiger partial charge in [0.1, 0.15) is 23.7 Å². The van der Waals surface area contributed by atoms with Crippen LogP contribution in [-0.2, 0) is 11.2 Å². The molecule has 0 saturated carbocycles. The highest BCUT2D eigenvalue weighted by atomic mass is 35.5. The van der Waals surface area contributed by atoms with E-state index >= 15 is 0 Å². The molecule has 0 amide bonds. The zero-order chi connectivity index (χ0) is 19.1. The normalized spacial score (nSPS) is 18.8. The standard InChI is InChI=1S/C21H23ClO4/c1-12-13(2)19-17(14(3)18(12)23)9-10-21(4,26-19)11-25-20(24)15-5-7-16(22)8-6-15/h5-8,23H,9-11H2,1-4H3. The molecule has 1 aliphatic heterocycles. The van der Waals surface area contributed by atoms with Crippen LogP contribution in [0.1, 0.15) is 46.0 Å². The van der Waals surface area contributed by atoms with Gasteiger partial charge >= 0.3 is 5.97 Å². The van der Waals surface area contributed by atoms with E-state index in [1.807, 2.05) is 27.7 Å². The molecule has 1 N–H and O–H groups in total. The van der Waals surface area contributed by atoms with Crippen molar-refractivity contribution in [1.29, 1.82) is 0 Å². The molecule has 0 radical (unpaired) electrons. The van der Waals surface area contributed by atoms with E-state index in [-0.39, 0.29) is 6.61 Å². The molecule has 2 aromatic rings. The average Bonchev–Trinajstić information content (AvgIpc) is 2.63. The molecule has 0 aliphatic carbocycles. The highest BCUT2D eigenvalue weighted by Gasteiger charge is 2.36. The predicted molar refractivity (Wildman–Crippen MR) is 101 cm³/mol. The lowest BCUT2D eigenvalue weighted by Gasteiger charge is -2.37. The number of hydrogen-bond acceptors (Lipinski definition) is 4. The summed E-state index contributed by atoms with van der Waals surface area (Å²) in [4.78, 5) is 12.3. The zero-order valence-corrected chi connectivity index (χ0v) is 16.2. The van der Waals surface area contributed by atoms with Crippen molar-refractivity contribution in [3.05, 3.63) is 57.1 Å². The third-order valence-corrected chi connectivity index (χ3v) is 5.43. The van der Waals surface area contributed by atoms with Gasteiger partial charge in [0.15, 0.2) is 0 Å². The Kier molecular flexibility index (Phi) is 4.89. The Labute approximate surface area is 158 Å². The SMILES string of the molecule is Cc1c(C)c2c(c(C)c1O)CCC(C)(COC(=O)c1ccc(Cl)cc1)O2. The van der Waals surface area contributed by atoms with Crippen LogP contribution >= 0.6 is 11.6 Å². The van der Waals surface area contributed by atoms with Crippen LogP contribution in [0.3, 0.4) is 0 Å². The van der Waals surface area contributed by atoms with E-state index in [4.69, 9.17) is 21.1 Å². The maximum Gasteiger partial charge on any atom is 0.338 e. The Bertz CT molecular complexity index is 858. The molecule has 1 unspecified atom stereocenters. The lowest BCUT2D eigenvalue weighted by atomic mass is 9.87. The summed E-state index contributed by atoms with van der Waals surface area (Å²) in [7, 11) is 0. The summed E-state index contributed by atoms with van der Waals surface area (Å²) in [6.07, 6.45) is 1.47. The predicted octanol–water partition coefficient (Wildman–Crippen LogP) is 4.91. The van der Waals surface area contributed by atoms with E-state index in [9.17, 15) is 9.90 Å². The molecule has 1 heterocycles. The number of carbonyl (C=O) groups excluding carboxylic acids is 1. The summed E-state index contributed by atoms with van der Waals surface area (Å²) in [6, 6.07) is 6.61. The Balaban J connectivity index is 1.77. The van der Waals surface area contributed by atoms with E-state index < -0.39 is 11.6 Å². The van der Waals surface area contributed by atoms with Crippen molar-refractivity contribution in [1.82, 2.24) is 0 Å². The number of fused-ring (bicyclic) bond motifs is 1. The van der Waals surface area contributed by atoms with Gasteiger partial charge in [0, 0.05) is 10.6 Å². The fourth-order valence-electron chi connectivity index (χ4n) is 3.28. The second kappa shape index (κ2) is 6.84. The maximum atomic E-state index is 12.3. The fourth-order valence-corrected chi connectivity index (χ4v) is 3.41. The summed E-state index contributed by atoms with van der Waals surface area (Å²) in [5.74, 6) is 0.740. The first-order chi connectivity index (χ1) is 12.2. The molecule has 1 aliphatic rings. The molecule has 4 nitrogen and oxygen atoms in total. The van der Waals surface area contributed by atoms with Crippen molar-refractivity contribution in [2.75, 3.05) is 6.61 Å². The van der Waals surface area contributed by atoms with Gasteiger partial charge in [-0.15, -0.1) is 0 Å². The van der Waals surface area contributed by atoms with Crippen LogP contribution in [0.2, 0.25) is 5.02 Å². The van der Waals surface area contributed by atoms with Gasteiger partial charge in [-0.25, -0.2) is 4.79 Å². The van der Waals surface area contributed by atoms with Crippen LogP contribution < -0.4 is 4.74 Å². The first-order valence-corrected chi connectivity index (χ1v) is 9.03. The second-order valence-corrected chi connectivity index (χ2v) is 7.60. The van der Waals surface area contributed by atoms with Crippen molar-refractivity contribution >= 4 is 17.6 Å². The molecule has 1 atom stereocenters. The molecule has 138 valence electrons. The first-order valence-electron chi connectivity index (χ1n) is 8.65. The third kappa shape index (κ3) is 3.38. The summed E-state index contributed by atoms with van der Waals surface area (Å²) < 4.78 is 11.8. The van der Waals surface area contributed by atoms with Crippen molar-refractivity contribution in [2.45, 2.75) is 46.1 Å². The van der Waals surface area contributed by atoms with Gasteiger partial charge in [-0.2, -0.15) is 0 Å². The van der Waals surface area contributed by atoms with Crippen LogP contribution in [0.25, 0.3) is 0 Å². The molecule has 0 saturated heterocycles. The van der Waals surface area contributed by atoms with Crippen molar-refractivity contribution in [3.8, 4) is 11.5 Å². The zero-order valence-electron chi connectivity index (χ0n) is 15.5. The van der Waals surface area contributed by atoms with Crippen LogP contribution in [0, 0.1) is 20.8 Å². The number of rotatable bonds is 3. The van der Waals surface area contributed by atoms with Crippen LogP contribution in [0.15, 0.2) is 24.3 Å². The Hall–Kier alpha value is -2.20. The largest absolute Gasteiger partial charge is 0.507 e. The summed E-state index contributed by atoms with van der Waals surface area (Å²) in [5.41, 5.74) is 3.51. The number of phenols is 1. The molecule has 0 bridgehead atoms. The molecular weight excluding hydrogens is 352 g/mol. The Morgan fingerprint density at radius 2 is 1.85 bits per heavy atom. The van der Waals surface area contributed by atoms with Gasteiger partial charge in [-0.05, 0) is 81.5 Å². The number of ether oxygens (including phenoxy) is 2. The monoisotopic (exact) mass is 374 g/mol. The molecule has 0 fully saturated rings. The van der Waals surface area contributed by atoms with Gasteiger partial charge in [-0.3, -0.25) is 0 Å². The summed E-state index contributed by atoms with van der Waals surface area (Å²) in [5, 5.41) is 10.8. The van der Waals surface area contributed by atoms with Gasteiger partial charge < -0.3 is 14.6 Å². The molecule has 26 heavy (non-hydrogen) atoms. The van der Waals surface area contributed by atoms with Crippen LogP contribution in [-0.4, -0.2) is 23.3 Å². The molecule has 0 spiro atoms. The van der Waals surface area contributed by atoms with Crippen molar-refractivity contribution < 1.29 is 19.4 Å². The van der Waals surface area contributed by atoms with Gasteiger partial charge in [0.25, 0.3) is 0 Å². The van der Waals surface area contributed by atoms with Gasteiger partial charge in [-0.1, -0.05) is 11.6 Å². The topological polar surface area (TPSA) is 55.8 Å². The number of halogens is 1. The van der Waals surface area contributed by atoms with E-state index in [1.54, 1.807) is 24.3 Å². The molecular formula is C21H23ClO4. The second-order valence-electron chi connectivity index (χ2n) is 7.17. The minimum Gasteiger partial charge on any atom is -0.507 e. The minimum atomic E-state index is -0.601. The number of phenolic OH excluding ortho intramolecular Hbond substituents is 1. The minimum absolute atomic E-state index is 0.159. The highest BCUT2D eigenvalue weighted by molar-refractivity contribution is 6.30. The smallest absolute Gasteiger partial charge is 0.338 e. The number of carbonyl (C=O) groups is 1. The van der Waals surface area contributed by atoms with E-state index in [0.29, 0.717) is 22.8 Å². The summed E-state index contributed by atoms with van der Waals surface area (Å²) >= 11 is 5.85. The van der Waals surface area contributed by atoms with E-state index in [2.05, 4.69) is 0 Å².